The monoisotopic (exact) mass is 273 g/mol. The minimum absolute atomic E-state index is 0.292. The van der Waals surface area contributed by atoms with Crippen LogP contribution in [0.5, 0.6) is 5.75 Å². The van der Waals surface area contributed by atoms with E-state index in [9.17, 15) is 0 Å². The van der Waals surface area contributed by atoms with Gasteiger partial charge in [0, 0.05) is 25.0 Å². The summed E-state index contributed by atoms with van der Waals surface area (Å²) >= 11 is 0. The summed E-state index contributed by atoms with van der Waals surface area (Å²) in [6.07, 6.45) is 8.62. The lowest BCUT2D eigenvalue weighted by molar-refractivity contribution is 0.401. The Bertz CT molecular complexity index is 732. The summed E-state index contributed by atoms with van der Waals surface area (Å²) in [4.78, 5) is 4.13. The van der Waals surface area contributed by atoms with Crippen LogP contribution in [-0.4, -0.2) is 31.5 Å². The highest BCUT2D eigenvalue weighted by Gasteiger charge is 2.24. The quantitative estimate of drug-likeness (QED) is 0.514. The molecule has 3 N–H and O–H groups in total. The van der Waals surface area contributed by atoms with E-state index in [4.69, 9.17) is 10.6 Å². The van der Waals surface area contributed by atoms with Crippen molar-refractivity contribution >= 4 is 5.52 Å². The summed E-state index contributed by atoms with van der Waals surface area (Å²) in [6.45, 7) is 0. The van der Waals surface area contributed by atoms with Crippen LogP contribution in [-0.2, 0) is 7.05 Å². The van der Waals surface area contributed by atoms with Gasteiger partial charge < -0.3 is 4.74 Å². The average Bonchev–Trinajstić information content (AvgIpc) is 3.06. The van der Waals surface area contributed by atoms with E-state index in [1.165, 1.54) is 0 Å². The Kier molecular flexibility index (Phi) is 3.09. The molecule has 3 aromatic heterocycles. The summed E-state index contributed by atoms with van der Waals surface area (Å²) in [7, 11) is 3.44. The summed E-state index contributed by atoms with van der Waals surface area (Å²) < 4.78 is 8.81. The van der Waals surface area contributed by atoms with Gasteiger partial charge in [0.15, 0.2) is 5.75 Å². The van der Waals surface area contributed by atoms with Crippen molar-refractivity contribution in [2.45, 2.75) is 6.04 Å². The Morgan fingerprint density at radius 1 is 1.30 bits per heavy atom. The van der Waals surface area contributed by atoms with Gasteiger partial charge in [0.05, 0.1) is 37.3 Å². The Labute approximate surface area is 115 Å². The van der Waals surface area contributed by atoms with E-state index in [1.807, 2.05) is 7.05 Å². The first-order chi connectivity index (χ1) is 9.76. The molecule has 0 aliphatic rings. The van der Waals surface area contributed by atoms with Gasteiger partial charge in [-0.15, -0.1) is 0 Å². The number of hydrogen-bond donors (Lipinski definition) is 2. The lowest BCUT2D eigenvalue weighted by atomic mass is 10.1. The normalized spacial score (nSPS) is 12.8. The number of ether oxygens (including phenoxy) is 1. The fourth-order valence-corrected chi connectivity index (χ4v) is 2.30. The number of hydrazine groups is 1. The van der Waals surface area contributed by atoms with Crippen LogP contribution in [0.25, 0.3) is 5.52 Å². The summed E-state index contributed by atoms with van der Waals surface area (Å²) in [5, 5.41) is 8.49. The predicted molar refractivity (Wildman–Crippen MR) is 71.9 cm³/mol. The van der Waals surface area contributed by atoms with Gasteiger partial charge in [-0.25, -0.2) is 9.94 Å². The molecule has 0 amide bonds. The minimum Gasteiger partial charge on any atom is -0.493 e. The van der Waals surface area contributed by atoms with Gasteiger partial charge in [0.1, 0.15) is 5.69 Å². The van der Waals surface area contributed by atoms with E-state index in [1.54, 1.807) is 47.3 Å². The number of aryl methyl sites for hydroxylation is 1. The van der Waals surface area contributed by atoms with Gasteiger partial charge in [-0.1, -0.05) is 0 Å². The van der Waals surface area contributed by atoms with E-state index < -0.39 is 0 Å². The maximum absolute atomic E-state index is 5.73. The van der Waals surface area contributed by atoms with Crippen LogP contribution in [0.4, 0.5) is 0 Å². The maximum Gasteiger partial charge on any atom is 0.161 e. The smallest absolute Gasteiger partial charge is 0.161 e. The zero-order chi connectivity index (χ0) is 14.1. The molecular weight excluding hydrogens is 258 g/mol. The number of methoxy groups -OCH3 is 1. The molecule has 3 aromatic rings. The predicted octanol–water partition coefficient (Wildman–Crippen LogP) is 0.0241. The number of nitrogens with zero attached hydrogens (tertiary/aromatic N) is 5. The first-order valence-corrected chi connectivity index (χ1v) is 6.05. The Morgan fingerprint density at radius 2 is 2.15 bits per heavy atom. The minimum atomic E-state index is -0.292. The number of hydrogen-bond acceptors (Lipinski definition) is 6. The third-order valence-corrected chi connectivity index (χ3v) is 3.27. The lowest BCUT2D eigenvalue weighted by Crippen LogP contribution is -2.30. The van der Waals surface area contributed by atoms with Crippen molar-refractivity contribution in [3.63, 3.8) is 0 Å². The van der Waals surface area contributed by atoms with Gasteiger partial charge >= 0.3 is 0 Å². The molecule has 0 aromatic carbocycles. The Morgan fingerprint density at radius 3 is 2.90 bits per heavy atom. The number of aromatic nitrogens is 5. The summed E-state index contributed by atoms with van der Waals surface area (Å²) in [5.41, 5.74) is 5.40. The zero-order valence-corrected chi connectivity index (χ0v) is 11.2. The Hall–Kier alpha value is -2.45. The Balaban J connectivity index is 2.16. The molecule has 3 heterocycles. The third kappa shape index (κ3) is 1.82. The van der Waals surface area contributed by atoms with Crippen LogP contribution in [0.2, 0.25) is 0 Å². The first-order valence-electron chi connectivity index (χ1n) is 6.05. The molecule has 0 bridgehead atoms. The fourth-order valence-electron chi connectivity index (χ4n) is 2.30. The second-order valence-corrected chi connectivity index (χ2v) is 4.33. The molecule has 20 heavy (non-hydrogen) atoms. The molecule has 0 saturated carbocycles. The fraction of sp³-hybridized carbons (Fsp3) is 0.250. The first kappa shape index (κ1) is 12.6. The van der Waals surface area contributed by atoms with Crippen molar-refractivity contribution in [1.82, 2.24) is 29.8 Å². The van der Waals surface area contributed by atoms with Crippen molar-refractivity contribution in [1.29, 1.82) is 0 Å². The zero-order valence-electron chi connectivity index (χ0n) is 11.2. The number of nitrogens with two attached hydrogens (primary N) is 1. The molecule has 0 spiro atoms. The third-order valence-electron chi connectivity index (χ3n) is 3.27. The number of fused-ring (bicyclic) bond motifs is 1. The summed E-state index contributed by atoms with van der Waals surface area (Å²) in [6, 6.07) is -0.292. The van der Waals surface area contributed by atoms with E-state index in [-0.39, 0.29) is 6.04 Å². The molecule has 8 nitrogen and oxygen atoms in total. The van der Waals surface area contributed by atoms with Gasteiger partial charge in [-0.2, -0.15) is 10.2 Å². The maximum atomic E-state index is 5.73. The molecule has 1 atom stereocenters. The van der Waals surface area contributed by atoms with Gasteiger partial charge in [-0.3, -0.25) is 15.5 Å². The average molecular weight is 273 g/mol. The van der Waals surface area contributed by atoms with E-state index in [0.717, 1.165) is 16.8 Å². The second-order valence-electron chi connectivity index (χ2n) is 4.33. The van der Waals surface area contributed by atoms with Crippen LogP contribution >= 0.6 is 0 Å². The van der Waals surface area contributed by atoms with E-state index >= 15 is 0 Å². The van der Waals surface area contributed by atoms with Crippen molar-refractivity contribution in [2.24, 2.45) is 12.9 Å². The van der Waals surface area contributed by atoms with Gasteiger partial charge in [0.2, 0.25) is 0 Å². The van der Waals surface area contributed by atoms with Crippen LogP contribution in [0, 0.1) is 0 Å². The van der Waals surface area contributed by atoms with Crippen LogP contribution in [0.15, 0.2) is 31.0 Å². The lowest BCUT2D eigenvalue weighted by Gasteiger charge is -2.16. The van der Waals surface area contributed by atoms with E-state index in [2.05, 4.69) is 20.6 Å². The van der Waals surface area contributed by atoms with Crippen LogP contribution < -0.4 is 16.0 Å². The molecule has 0 fully saturated rings. The molecule has 3 rings (SSSR count). The molecule has 8 heteroatoms. The molecule has 0 aliphatic heterocycles. The molecular formula is C12H15N7O. The van der Waals surface area contributed by atoms with Crippen LogP contribution in [0.1, 0.15) is 17.3 Å². The van der Waals surface area contributed by atoms with Crippen molar-refractivity contribution in [3.8, 4) is 5.75 Å². The highest BCUT2D eigenvalue weighted by atomic mass is 16.5. The summed E-state index contributed by atoms with van der Waals surface area (Å²) in [5.74, 6) is 6.40. The van der Waals surface area contributed by atoms with Gasteiger partial charge in [0.25, 0.3) is 0 Å². The van der Waals surface area contributed by atoms with Crippen molar-refractivity contribution in [3.05, 3.63) is 42.2 Å². The highest BCUT2D eigenvalue weighted by molar-refractivity contribution is 5.56. The van der Waals surface area contributed by atoms with E-state index in [0.29, 0.717) is 5.75 Å². The second kappa shape index (κ2) is 4.91. The molecule has 0 aliphatic carbocycles. The van der Waals surface area contributed by atoms with Crippen molar-refractivity contribution in [2.75, 3.05) is 7.11 Å². The molecule has 0 saturated heterocycles. The highest BCUT2D eigenvalue weighted by Crippen LogP contribution is 2.30. The topological polar surface area (TPSA) is 95.3 Å². The largest absolute Gasteiger partial charge is 0.493 e. The number of rotatable bonds is 4. The van der Waals surface area contributed by atoms with Crippen molar-refractivity contribution < 1.29 is 4.74 Å². The molecule has 0 radical (unpaired) electrons. The SMILES string of the molecule is COc1cnn(C)c1C(NN)c1cnn2ccncc12. The van der Waals surface area contributed by atoms with Crippen LogP contribution in [0.3, 0.4) is 0 Å². The standard InChI is InChI=1S/C12H15N7O/c1-18-12(10(20-2)7-15-18)11(17-13)8-5-16-19-4-3-14-6-9(8)19/h3-7,11,17H,13H2,1-2H3. The molecule has 104 valence electrons. The van der Waals surface area contributed by atoms with Gasteiger partial charge in [-0.05, 0) is 0 Å². The number of nitrogens with one attached hydrogen (secondary N) is 1. The molecule has 1 unspecified atom stereocenters.